The van der Waals surface area contributed by atoms with Gasteiger partial charge in [0.1, 0.15) is 11.5 Å². The summed E-state index contributed by atoms with van der Waals surface area (Å²) >= 11 is 0. The largest absolute Gasteiger partial charge is 0.497 e. The Morgan fingerprint density at radius 3 is 2.65 bits per heavy atom. The van der Waals surface area contributed by atoms with Crippen molar-refractivity contribution in [1.82, 2.24) is 0 Å². The molecule has 0 fully saturated rings. The van der Waals surface area contributed by atoms with E-state index in [2.05, 4.69) is 0 Å². The number of benzene rings is 2. The molecule has 0 unspecified atom stereocenters. The molecule has 3 rings (SSSR count). The molecule has 4 nitrogen and oxygen atoms in total. The quantitative estimate of drug-likeness (QED) is 0.592. The Morgan fingerprint density at radius 1 is 1.04 bits per heavy atom. The predicted molar refractivity (Wildman–Crippen MR) is 93.4 cm³/mol. The maximum atomic E-state index is 13.1. The summed E-state index contributed by atoms with van der Waals surface area (Å²) in [5.74, 6) is -0.592. The van der Waals surface area contributed by atoms with E-state index < -0.39 is 17.3 Å². The standard InChI is InChI=1S/C20H18F2O4/c1-24-15-6-5-14-10-16(26-20(23)17(14)11-15)3-2-8-25-12-13-4-7-18(21)19(22)9-13/h4-7,9-11H,2-3,8,12H2,1H3. The summed E-state index contributed by atoms with van der Waals surface area (Å²) in [5.41, 5.74) is 0.161. The van der Waals surface area contributed by atoms with E-state index >= 15 is 0 Å². The minimum Gasteiger partial charge on any atom is -0.497 e. The second kappa shape index (κ2) is 8.10. The molecule has 0 spiro atoms. The fourth-order valence-corrected chi connectivity index (χ4v) is 2.63. The summed E-state index contributed by atoms with van der Waals surface area (Å²) in [6.07, 6.45) is 1.17. The maximum absolute atomic E-state index is 13.1. The summed E-state index contributed by atoms with van der Waals surface area (Å²) < 4.78 is 41.9. The van der Waals surface area contributed by atoms with E-state index in [1.807, 2.05) is 12.1 Å². The normalized spacial score (nSPS) is 11.0. The van der Waals surface area contributed by atoms with Crippen LogP contribution in [-0.4, -0.2) is 13.7 Å². The highest BCUT2D eigenvalue weighted by molar-refractivity contribution is 5.82. The van der Waals surface area contributed by atoms with Crippen molar-refractivity contribution in [3.63, 3.8) is 0 Å². The third kappa shape index (κ3) is 4.26. The molecule has 136 valence electrons. The predicted octanol–water partition coefficient (Wildman–Crippen LogP) is 4.23. The Hall–Kier alpha value is -2.73. The first kappa shape index (κ1) is 18.1. The highest BCUT2D eigenvalue weighted by atomic mass is 19.2. The topological polar surface area (TPSA) is 48.7 Å². The van der Waals surface area contributed by atoms with Crippen molar-refractivity contribution in [2.75, 3.05) is 13.7 Å². The summed E-state index contributed by atoms with van der Waals surface area (Å²) in [7, 11) is 1.54. The first-order chi connectivity index (χ1) is 12.6. The van der Waals surface area contributed by atoms with Crippen molar-refractivity contribution in [2.24, 2.45) is 0 Å². The van der Waals surface area contributed by atoms with E-state index in [0.717, 1.165) is 17.5 Å². The zero-order valence-corrected chi connectivity index (χ0v) is 14.3. The summed E-state index contributed by atoms with van der Waals surface area (Å²) in [6.45, 7) is 0.599. The number of aryl methyl sites for hydroxylation is 1. The second-order valence-corrected chi connectivity index (χ2v) is 5.86. The lowest BCUT2D eigenvalue weighted by Gasteiger charge is -2.06. The minimum absolute atomic E-state index is 0.193. The van der Waals surface area contributed by atoms with Crippen LogP contribution in [0.15, 0.2) is 51.7 Å². The van der Waals surface area contributed by atoms with Crippen LogP contribution in [0.25, 0.3) is 10.8 Å². The molecule has 0 saturated carbocycles. The van der Waals surface area contributed by atoms with Crippen molar-refractivity contribution in [3.05, 3.63) is 75.8 Å². The Kier molecular flexibility index (Phi) is 5.63. The molecule has 0 saturated heterocycles. The van der Waals surface area contributed by atoms with Crippen LogP contribution in [0, 0.1) is 11.6 Å². The molecule has 0 aliphatic carbocycles. The molecule has 6 heteroatoms. The zero-order valence-electron chi connectivity index (χ0n) is 14.3. The van der Waals surface area contributed by atoms with E-state index in [9.17, 15) is 13.6 Å². The molecular weight excluding hydrogens is 342 g/mol. The third-order valence-electron chi connectivity index (χ3n) is 3.99. The van der Waals surface area contributed by atoms with Gasteiger partial charge in [-0.25, -0.2) is 13.6 Å². The van der Waals surface area contributed by atoms with Gasteiger partial charge in [0.05, 0.1) is 19.1 Å². The monoisotopic (exact) mass is 360 g/mol. The first-order valence-corrected chi connectivity index (χ1v) is 8.19. The SMILES string of the molecule is COc1ccc2cc(CCCOCc3ccc(F)c(F)c3)oc(=O)c2c1. The fraction of sp³-hybridized carbons (Fsp3) is 0.250. The maximum Gasteiger partial charge on any atom is 0.343 e. The summed E-state index contributed by atoms with van der Waals surface area (Å²) in [5, 5.41) is 1.27. The van der Waals surface area contributed by atoms with Crippen molar-refractivity contribution in [1.29, 1.82) is 0 Å². The number of hydrogen-bond donors (Lipinski definition) is 0. The van der Waals surface area contributed by atoms with Crippen molar-refractivity contribution >= 4 is 10.8 Å². The zero-order chi connectivity index (χ0) is 18.5. The number of methoxy groups -OCH3 is 1. The highest BCUT2D eigenvalue weighted by Crippen LogP contribution is 2.19. The second-order valence-electron chi connectivity index (χ2n) is 5.86. The van der Waals surface area contributed by atoms with Crippen LogP contribution in [0.2, 0.25) is 0 Å². The van der Waals surface area contributed by atoms with Crippen molar-refractivity contribution in [2.45, 2.75) is 19.4 Å². The molecule has 0 aliphatic rings. The Morgan fingerprint density at radius 2 is 1.88 bits per heavy atom. The van der Waals surface area contributed by atoms with Crippen LogP contribution in [-0.2, 0) is 17.8 Å². The lowest BCUT2D eigenvalue weighted by molar-refractivity contribution is 0.117. The smallest absolute Gasteiger partial charge is 0.343 e. The van der Waals surface area contributed by atoms with Crippen LogP contribution in [0.1, 0.15) is 17.7 Å². The Labute approximate surface area is 149 Å². The van der Waals surface area contributed by atoms with Gasteiger partial charge in [0.25, 0.3) is 0 Å². The van der Waals surface area contributed by atoms with Gasteiger partial charge < -0.3 is 13.9 Å². The molecular formula is C20H18F2O4. The molecule has 0 amide bonds. The van der Waals surface area contributed by atoms with Crippen LogP contribution < -0.4 is 10.4 Å². The molecule has 0 atom stereocenters. The number of halogens is 2. The highest BCUT2D eigenvalue weighted by Gasteiger charge is 2.07. The van der Waals surface area contributed by atoms with E-state index in [-0.39, 0.29) is 6.61 Å². The number of fused-ring (bicyclic) bond motifs is 1. The number of hydrogen-bond acceptors (Lipinski definition) is 4. The van der Waals surface area contributed by atoms with E-state index in [1.54, 1.807) is 12.1 Å². The van der Waals surface area contributed by atoms with Crippen LogP contribution in [0.4, 0.5) is 8.78 Å². The van der Waals surface area contributed by atoms with Gasteiger partial charge in [-0.3, -0.25) is 0 Å². The average molecular weight is 360 g/mol. The Bertz CT molecular complexity index is 966. The van der Waals surface area contributed by atoms with Gasteiger partial charge in [0.2, 0.25) is 0 Å². The molecule has 0 N–H and O–H groups in total. The Balaban J connectivity index is 1.54. The lowest BCUT2D eigenvalue weighted by Crippen LogP contribution is -2.04. The van der Waals surface area contributed by atoms with E-state index in [4.69, 9.17) is 13.9 Å². The lowest BCUT2D eigenvalue weighted by atomic mass is 10.1. The summed E-state index contributed by atoms with van der Waals surface area (Å²) in [4.78, 5) is 12.1. The van der Waals surface area contributed by atoms with Gasteiger partial charge in [-0.05, 0) is 47.7 Å². The van der Waals surface area contributed by atoms with Crippen LogP contribution in [0.3, 0.4) is 0 Å². The first-order valence-electron chi connectivity index (χ1n) is 8.19. The molecule has 1 aromatic heterocycles. The number of ether oxygens (including phenoxy) is 2. The van der Waals surface area contributed by atoms with Gasteiger partial charge in [-0.1, -0.05) is 12.1 Å². The van der Waals surface area contributed by atoms with Gasteiger partial charge in [0.15, 0.2) is 11.6 Å². The molecule has 1 heterocycles. The minimum atomic E-state index is -0.888. The third-order valence-corrected chi connectivity index (χ3v) is 3.99. The van der Waals surface area contributed by atoms with E-state index in [1.165, 1.54) is 13.2 Å². The van der Waals surface area contributed by atoms with E-state index in [0.29, 0.717) is 41.9 Å². The molecule has 0 radical (unpaired) electrons. The summed E-state index contributed by atoms with van der Waals surface area (Å²) in [6, 6.07) is 10.7. The van der Waals surface area contributed by atoms with Gasteiger partial charge >= 0.3 is 5.63 Å². The van der Waals surface area contributed by atoms with Crippen LogP contribution in [0.5, 0.6) is 5.75 Å². The molecule has 0 aliphatic heterocycles. The molecule has 2 aromatic carbocycles. The van der Waals surface area contributed by atoms with Gasteiger partial charge in [-0.2, -0.15) is 0 Å². The molecule has 0 bridgehead atoms. The number of rotatable bonds is 7. The van der Waals surface area contributed by atoms with Crippen molar-refractivity contribution in [3.8, 4) is 5.75 Å². The van der Waals surface area contributed by atoms with Gasteiger partial charge in [-0.15, -0.1) is 0 Å². The van der Waals surface area contributed by atoms with Crippen molar-refractivity contribution < 1.29 is 22.7 Å². The van der Waals surface area contributed by atoms with Gasteiger partial charge in [0, 0.05) is 13.0 Å². The molecule has 3 aromatic rings. The van der Waals surface area contributed by atoms with Crippen LogP contribution >= 0.6 is 0 Å². The fourth-order valence-electron chi connectivity index (χ4n) is 2.63. The average Bonchev–Trinajstić information content (AvgIpc) is 2.64. The molecule has 26 heavy (non-hydrogen) atoms.